The predicted octanol–water partition coefficient (Wildman–Crippen LogP) is 2.33. The van der Waals surface area contributed by atoms with Crippen molar-refractivity contribution in [1.82, 2.24) is 14.4 Å². The van der Waals surface area contributed by atoms with E-state index in [1.54, 1.807) is 12.3 Å². The van der Waals surface area contributed by atoms with Crippen molar-refractivity contribution in [2.24, 2.45) is 5.92 Å². The van der Waals surface area contributed by atoms with Gasteiger partial charge in [0.15, 0.2) is 5.82 Å². The maximum absolute atomic E-state index is 11.8. The van der Waals surface area contributed by atoms with E-state index in [-0.39, 0.29) is 11.8 Å². The predicted molar refractivity (Wildman–Crippen MR) is 84.2 cm³/mol. The number of pyridine rings is 2. The molecule has 0 spiro atoms. The van der Waals surface area contributed by atoms with Gasteiger partial charge in [-0.3, -0.25) is 4.79 Å². The lowest BCUT2D eigenvalue weighted by molar-refractivity contribution is -0.117. The molecule has 3 aromatic heterocycles. The van der Waals surface area contributed by atoms with Gasteiger partial charge in [-0.1, -0.05) is 0 Å². The molecule has 0 aliphatic heterocycles. The average Bonchev–Trinajstić information content (AvgIpc) is 3.28. The van der Waals surface area contributed by atoms with Gasteiger partial charge in [-0.05, 0) is 42.7 Å². The molecule has 110 valence electrons. The van der Waals surface area contributed by atoms with Crippen LogP contribution in [0.4, 0.5) is 11.6 Å². The van der Waals surface area contributed by atoms with Gasteiger partial charge in [0.05, 0.1) is 6.20 Å². The summed E-state index contributed by atoms with van der Waals surface area (Å²) in [6.45, 7) is 0. The Morgan fingerprint density at radius 2 is 2.00 bits per heavy atom. The second-order valence-corrected chi connectivity index (χ2v) is 5.54. The number of hydrogen-bond acceptors (Lipinski definition) is 4. The Morgan fingerprint density at radius 1 is 1.18 bits per heavy atom. The maximum atomic E-state index is 11.8. The molecule has 1 saturated carbocycles. The Labute approximate surface area is 127 Å². The summed E-state index contributed by atoms with van der Waals surface area (Å²) in [5.41, 5.74) is 8.39. The molecule has 3 N–H and O–H groups in total. The lowest BCUT2D eigenvalue weighted by Crippen LogP contribution is -2.13. The van der Waals surface area contributed by atoms with Crippen molar-refractivity contribution in [3.8, 4) is 11.1 Å². The lowest BCUT2D eigenvalue weighted by Gasteiger charge is -2.02. The molecule has 0 atom stereocenters. The first-order valence-electron chi connectivity index (χ1n) is 7.20. The molecule has 3 heterocycles. The first kappa shape index (κ1) is 12.8. The number of carbonyl (C=O) groups is 1. The summed E-state index contributed by atoms with van der Waals surface area (Å²) in [6.07, 6.45) is 7.48. The summed E-state index contributed by atoms with van der Waals surface area (Å²) >= 11 is 0. The summed E-state index contributed by atoms with van der Waals surface area (Å²) in [4.78, 5) is 20.3. The average molecular weight is 293 g/mol. The highest BCUT2D eigenvalue weighted by Crippen LogP contribution is 2.30. The van der Waals surface area contributed by atoms with E-state index in [1.807, 2.05) is 35.0 Å². The third-order valence-corrected chi connectivity index (χ3v) is 3.77. The summed E-state index contributed by atoms with van der Waals surface area (Å²) in [7, 11) is 0. The van der Waals surface area contributed by atoms with Gasteiger partial charge in [0.25, 0.3) is 0 Å². The minimum atomic E-state index is 0.0614. The van der Waals surface area contributed by atoms with Crippen molar-refractivity contribution in [3.05, 3.63) is 42.9 Å². The van der Waals surface area contributed by atoms with E-state index in [2.05, 4.69) is 15.3 Å². The molecule has 1 amide bonds. The van der Waals surface area contributed by atoms with E-state index in [1.165, 1.54) is 0 Å². The van der Waals surface area contributed by atoms with Crippen LogP contribution in [0.15, 0.2) is 42.9 Å². The largest absolute Gasteiger partial charge is 0.384 e. The lowest BCUT2D eigenvalue weighted by atomic mass is 10.1. The second kappa shape index (κ2) is 4.84. The van der Waals surface area contributed by atoms with Crippen LogP contribution < -0.4 is 11.1 Å². The smallest absolute Gasteiger partial charge is 0.228 e. The molecule has 1 aliphatic carbocycles. The van der Waals surface area contributed by atoms with E-state index < -0.39 is 0 Å². The van der Waals surface area contributed by atoms with E-state index in [0.717, 1.165) is 29.6 Å². The van der Waals surface area contributed by atoms with Crippen LogP contribution in [0.3, 0.4) is 0 Å². The molecule has 4 rings (SSSR count). The minimum Gasteiger partial charge on any atom is -0.384 e. The van der Waals surface area contributed by atoms with Crippen molar-refractivity contribution >= 4 is 23.2 Å². The topological polar surface area (TPSA) is 85.3 Å². The Kier molecular flexibility index (Phi) is 2.82. The van der Waals surface area contributed by atoms with Crippen LogP contribution >= 0.6 is 0 Å². The Morgan fingerprint density at radius 3 is 2.73 bits per heavy atom. The van der Waals surface area contributed by atoms with E-state index >= 15 is 0 Å². The Bertz CT molecular complexity index is 849. The molecule has 1 aliphatic rings. The second-order valence-electron chi connectivity index (χ2n) is 5.54. The molecule has 3 aromatic rings. The molecular formula is C16H15N5O. The van der Waals surface area contributed by atoms with Gasteiger partial charge >= 0.3 is 0 Å². The van der Waals surface area contributed by atoms with Crippen LogP contribution in [0.1, 0.15) is 12.8 Å². The number of nitrogen functional groups attached to an aromatic ring is 1. The zero-order valence-corrected chi connectivity index (χ0v) is 11.9. The molecule has 1 fully saturated rings. The molecule has 6 heteroatoms. The molecular weight excluding hydrogens is 278 g/mol. The van der Waals surface area contributed by atoms with Gasteiger partial charge in [0, 0.05) is 23.9 Å². The summed E-state index contributed by atoms with van der Waals surface area (Å²) in [5.74, 6) is 1.31. The van der Waals surface area contributed by atoms with Crippen LogP contribution in [-0.4, -0.2) is 20.3 Å². The van der Waals surface area contributed by atoms with Crippen LogP contribution in [0.2, 0.25) is 0 Å². The van der Waals surface area contributed by atoms with E-state index in [0.29, 0.717) is 11.6 Å². The first-order chi connectivity index (χ1) is 10.7. The van der Waals surface area contributed by atoms with Crippen LogP contribution in [0.5, 0.6) is 0 Å². The standard InChI is InChI=1S/C16H15N5O/c17-13-5-3-11(7-18-13)12-4-6-15-19-14(9-21(15)8-12)20-16(22)10-1-2-10/h3-10H,1-2H2,(H2,17,18)(H,20,22). The number of nitrogens with two attached hydrogens (primary N) is 1. The zero-order valence-electron chi connectivity index (χ0n) is 11.9. The zero-order chi connectivity index (χ0) is 15.1. The fraction of sp³-hybridized carbons (Fsp3) is 0.188. The van der Waals surface area contributed by atoms with Crippen LogP contribution in [0.25, 0.3) is 16.8 Å². The number of aromatic nitrogens is 3. The number of fused-ring (bicyclic) bond motifs is 1. The molecule has 22 heavy (non-hydrogen) atoms. The van der Waals surface area contributed by atoms with Gasteiger partial charge in [-0.2, -0.15) is 0 Å². The SMILES string of the molecule is Nc1ccc(-c2ccc3nc(NC(=O)C4CC4)cn3c2)cn1. The van der Waals surface area contributed by atoms with Crippen molar-refractivity contribution in [2.75, 3.05) is 11.1 Å². The van der Waals surface area contributed by atoms with E-state index in [9.17, 15) is 4.79 Å². The number of nitrogens with zero attached hydrogens (tertiary/aromatic N) is 3. The van der Waals surface area contributed by atoms with Gasteiger partial charge in [-0.25, -0.2) is 9.97 Å². The monoisotopic (exact) mass is 293 g/mol. The summed E-state index contributed by atoms with van der Waals surface area (Å²) in [5, 5.41) is 2.86. The van der Waals surface area contributed by atoms with Crippen molar-refractivity contribution < 1.29 is 4.79 Å². The molecule has 0 unspecified atom stereocenters. The fourth-order valence-corrected chi connectivity index (χ4v) is 2.37. The highest BCUT2D eigenvalue weighted by Gasteiger charge is 2.29. The van der Waals surface area contributed by atoms with Crippen molar-refractivity contribution in [2.45, 2.75) is 12.8 Å². The number of nitrogens with one attached hydrogen (secondary N) is 1. The molecule has 6 nitrogen and oxygen atoms in total. The Hall–Kier alpha value is -2.89. The normalized spacial score (nSPS) is 14.2. The number of hydrogen-bond donors (Lipinski definition) is 2. The number of rotatable bonds is 3. The number of amides is 1. The molecule has 0 saturated heterocycles. The van der Waals surface area contributed by atoms with Gasteiger partial charge < -0.3 is 15.5 Å². The summed E-state index contributed by atoms with van der Waals surface area (Å²) < 4.78 is 1.90. The fourth-order valence-electron chi connectivity index (χ4n) is 2.37. The van der Waals surface area contributed by atoms with Gasteiger partial charge in [0.1, 0.15) is 11.5 Å². The highest BCUT2D eigenvalue weighted by molar-refractivity contribution is 5.93. The summed E-state index contributed by atoms with van der Waals surface area (Å²) in [6, 6.07) is 7.59. The van der Waals surface area contributed by atoms with Crippen molar-refractivity contribution in [1.29, 1.82) is 0 Å². The quantitative estimate of drug-likeness (QED) is 0.776. The highest BCUT2D eigenvalue weighted by atomic mass is 16.2. The van der Waals surface area contributed by atoms with Gasteiger partial charge in [-0.15, -0.1) is 0 Å². The van der Waals surface area contributed by atoms with E-state index in [4.69, 9.17) is 5.73 Å². The molecule has 0 bridgehead atoms. The number of carbonyl (C=O) groups excluding carboxylic acids is 1. The molecule has 0 radical (unpaired) electrons. The first-order valence-corrected chi connectivity index (χ1v) is 7.20. The number of anilines is 2. The Balaban J connectivity index is 1.65. The maximum Gasteiger partial charge on any atom is 0.228 e. The van der Waals surface area contributed by atoms with Crippen molar-refractivity contribution in [3.63, 3.8) is 0 Å². The van der Waals surface area contributed by atoms with Crippen LogP contribution in [0, 0.1) is 5.92 Å². The van der Waals surface area contributed by atoms with Gasteiger partial charge in [0.2, 0.25) is 5.91 Å². The number of imidazole rings is 1. The molecule has 0 aromatic carbocycles. The van der Waals surface area contributed by atoms with Crippen LogP contribution in [-0.2, 0) is 4.79 Å². The third kappa shape index (κ3) is 2.39. The minimum absolute atomic E-state index is 0.0614. The third-order valence-electron chi connectivity index (χ3n) is 3.77.